The molecule has 0 spiro atoms. The average molecular weight is 476 g/mol. The molecule has 4 aromatic rings. The van der Waals surface area contributed by atoms with Crippen LogP contribution >= 0.6 is 11.3 Å². The van der Waals surface area contributed by atoms with E-state index in [1.165, 1.54) is 11.3 Å². The van der Waals surface area contributed by atoms with E-state index in [1.54, 1.807) is 54.0 Å². The van der Waals surface area contributed by atoms with Crippen LogP contribution in [0, 0.1) is 0 Å². The Morgan fingerprint density at radius 2 is 1.62 bits per heavy atom. The van der Waals surface area contributed by atoms with E-state index >= 15 is 0 Å². The van der Waals surface area contributed by atoms with Gasteiger partial charge in [-0.25, -0.2) is 10.3 Å². The predicted octanol–water partition coefficient (Wildman–Crippen LogP) is 4.63. The second-order valence-electron chi connectivity index (χ2n) is 7.34. The third-order valence-corrected chi connectivity index (χ3v) is 6.08. The number of hydroxylamine groups is 1. The normalized spacial score (nSPS) is 11.4. The first-order chi connectivity index (χ1) is 16.5. The van der Waals surface area contributed by atoms with E-state index in [-0.39, 0.29) is 6.61 Å². The molecule has 0 aliphatic carbocycles. The first-order valence-electron chi connectivity index (χ1n) is 10.3. The maximum Gasteiger partial charge on any atom is 0.408 e. The highest BCUT2D eigenvalue weighted by atomic mass is 32.1. The minimum atomic E-state index is -0.987. The molecule has 1 heterocycles. The van der Waals surface area contributed by atoms with Gasteiger partial charge in [-0.05, 0) is 34.7 Å². The van der Waals surface area contributed by atoms with Gasteiger partial charge >= 0.3 is 6.09 Å². The Balaban J connectivity index is 1.49. The minimum Gasteiger partial charge on any atom is -0.445 e. The molecule has 0 aliphatic rings. The van der Waals surface area contributed by atoms with Crippen molar-refractivity contribution in [1.82, 2.24) is 10.8 Å². The molecular formula is C25H21N3O5S. The van der Waals surface area contributed by atoms with Crippen LogP contribution in [0.4, 0.5) is 10.5 Å². The molecule has 4 N–H and O–H groups in total. The Kier molecular flexibility index (Phi) is 7.16. The lowest BCUT2D eigenvalue weighted by molar-refractivity contribution is -0.118. The Labute approximate surface area is 199 Å². The summed E-state index contributed by atoms with van der Waals surface area (Å²) < 4.78 is 6.04. The number of carbonyl (C=O) groups is 3. The summed E-state index contributed by atoms with van der Waals surface area (Å²) in [5, 5.41) is 15.1. The summed E-state index contributed by atoms with van der Waals surface area (Å²) in [5.74, 6) is -1.05. The van der Waals surface area contributed by atoms with Gasteiger partial charge in [0.25, 0.3) is 11.8 Å². The first-order valence-corrected chi connectivity index (χ1v) is 11.2. The summed E-state index contributed by atoms with van der Waals surface area (Å²) in [6, 6.07) is 23.9. The van der Waals surface area contributed by atoms with Gasteiger partial charge in [-0.15, -0.1) is 11.3 Å². The van der Waals surface area contributed by atoms with Crippen molar-refractivity contribution in [1.29, 1.82) is 0 Å². The van der Waals surface area contributed by atoms with E-state index in [0.717, 1.165) is 15.6 Å². The number of amides is 3. The van der Waals surface area contributed by atoms with E-state index in [4.69, 9.17) is 9.94 Å². The molecule has 34 heavy (non-hydrogen) atoms. The lowest BCUT2D eigenvalue weighted by Crippen LogP contribution is -2.37. The summed E-state index contributed by atoms with van der Waals surface area (Å²) >= 11 is 1.18. The number of carbonyl (C=O) groups excluding carboxylic acids is 3. The Morgan fingerprint density at radius 1 is 0.912 bits per heavy atom. The fourth-order valence-corrected chi connectivity index (χ4v) is 4.31. The van der Waals surface area contributed by atoms with Crippen molar-refractivity contribution in [2.24, 2.45) is 0 Å². The van der Waals surface area contributed by atoms with Gasteiger partial charge in [-0.2, -0.15) is 0 Å². The molecule has 3 amide bonds. The van der Waals surface area contributed by atoms with Crippen LogP contribution in [0.2, 0.25) is 0 Å². The number of anilines is 1. The number of hydrogen-bond acceptors (Lipinski definition) is 6. The number of rotatable bonds is 7. The van der Waals surface area contributed by atoms with Gasteiger partial charge in [0.1, 0.15) is 12.6 Å². The number of nitrogens with one attached hydrogen (secondary N) is 3. The molecule has 0 fully saturated rings. The van der Waals surface area contributed by atoms with Crippen molar-refractivity contribution < 1.29 is 24.3 Å². The van der Waals surface area contributed by atoms with E-state index in [0.29, 0.717) is 16.1 Å². The third-order valence-electron chi connectivity index (χ3n) is 4.98. The van der Waals surface area contributed by atoms with Crippen LogP contribution < -0.4 is 16.1 Å². The largest absolute Gasteiger partial charge is 0.445 e. The third kappa shape index (κ3) is 5.58. The monoisotopic (exact) mass is 475 g/mol. The molecule has 9 heteroatoms. The highest BCUT2D eigenvalue weighted by molar-refractivity contribution is 7.20. The van der Waals surface area contributed by atoms with Crippen molar-refractivity contribution in [2.75, 3.05) is 5.32 Å². The van der Waals surface area contributed by atoms with Gasteiger partial charge in [0.2, 0.25) is 0 Å². The molecule has 1 aromatic heterocycles. The number of benzene rings is 3. The molecule has 4 rings (SSSR count). The lowest BCUT2D eigenvalue weighted by atomic mass is 10.1. The summed E-state index contributed by atoms with van der Waals surface area (Å²) in [6.45, 7) is 0.0780. The highest BCUT2D eigenvalue weighted by Gasteiger charge is 2.24. The van der Waals surface area contributed by atoms with Crippen LogP contribution in [0.15, 0.2) is 84.9 Å². The number of alkyl carbamates (subject to hydrolysis) is 1. The standard InChI is InChI=1S/C25H21N3O5S/c29-23(28-32)21-13-18-11-12-19(14-20(18)34-21)26-24(30)22(17-9-5-2-6-10-17)27-25(31)33-15-16-7-3-1-4-8-16/h1-14,22,32H,15H2,(H,26,30)(H,27,31)(H,28,29)/t22-/m0/s1. The van der Waals surface area contributed by atoms with Crippen LogP contribution in [0.3, 0.4) is 0 Å². The minimum absolute atomic E-state index is 0.0780. The maximum atomic E-state index is 13.1. The van der Waals surface area contributed by atoms with Gasteiger partial charge in [0, 0.05) is 10.4 Å². The summed E-state index contributed by atoms with van der Waals surface area (Å²) in [5.41, 5.74) is 3.53. The summed E-state index contributed by atoms with van der Waals surface area (Å²) in [6.07, 6.45) is -0.721. The second-order valence-corrected chi connectivity index (χ2v) is 8.43. The number of thiophene rings is 1. The van der Waals surface area contributed by atoms with Crippen molar-refractivity contribution in [3.63, 3.8) is 0 Å². The van der Waals surface area contributed by atoms with Gasteiger partial charge in [0.15, 0.2) is 0 Å². The molecule has 0 saturated heterocycles. The average Bonchev–Trinajstić information content (AvgIpc) is 3.30. The van der Waals surface area contributed by atoms with Crippen molar-refractivity contribution in [3.05, 3.63) is 101 Å². The zero-order chi connectivity index (χ0) is 23.9. The molecule has 172 valence electrons. The van der Waals surface area contributed by atoms with Crippen molar-refractivity contribution in [2.45, 2.75) is 12.6 Å². The molecule has 0 saturated carbocycles. The lowest BCUT2D eigenvalue weighted by Gasteiger charge is -2.19. The van der Waals surface area contributed by atoms with Crippen LogP contribution in [-0.4, -0.2) is 23.1 Å². The number of fused-ring (bicyclic) bond motifs is 1. The molecule has 0 unspecified atom stereocenters. The summed E-state index contributed by atoms with van der Waals surface area (Å²) in [4.78, 5) is 37.6. The Bertz CT molecular complexity index is 1310. The molecule has 0 bridgehead atoms. The molecule has 1 atom stereocenters. The summed E-state index contributed by atoms with van der Waals surface area (Å²) in [7, 11) is 0. The number of ether oxygens (including phenoxy) is 1. The molecule has 8 nitrogen and oxygen atoms in total. The SMILES string of the molecule is O=C(N[C@H](C(=O)Nc1ccc2cc(C(=O)NO)sc2c1)c1ccccc1)OCc1ccccc1. The Hall–Kier alpha value is -4.21. The first kappa shape index (κ1) is 23.0. The molecule has 3 aromatic carbocycles. The smallest absolute Gasteiger partial charge is 0.408 e. The van der Waals surface area contributed by atoms with Crippen molar-refractivity contribution >= 4 is 45.0 Å². The Morgan fingerprint density at radius 3 is 2.32 bits per heavy atom. The second kappa shape index (κ2) is 10.6. The molecule has 0 radical (unpaired) electrons. The molecule has 0 aliphatic heterocycles. The van der Waals surface area contributed by atoms with Crippen molar-refractivity contribution in [3.8, 4) is 0 Å². The maximum absolute atomic E-state index is 13.1. The van der Waals surface area contributed by atoms with E-state index in [1.807, 2.05) is 36.4 Å². The van der Waals surface area contributed by atoms with Crippen LogP contribution in [0.25, 0.3) is 10.1 Å². The quantitative estimate of drug-likeness (QED) is 0.230. The van der Waals surface area contributed by atoms with E-state index in [9.17, 15) is 14.4 Å². The predicted molar refractivity (Wildman–Crippen MR) is 129 cm³/mol. The van der Waals surface area contributed by atoms with Crippen LogP contribution in [0.1, 0.15) is 26.8 Å². The fraction of sp³-hybridized carbons (Fsp3) is 0.0800. The van der Waals surface area contributed by atoms with Gasteiger partial charge in [-0.1, -0.05) is 66.7 Å². The molecular weight excluding hydrogens is 454 g/mol. The number of hydrogen-bond donors (Lipinski definition) is 4. The van der Waals surface area contributed by atoms with Gasteiger partial charge in [0.05, 0.1) is 4.88 Å². The van der Waals surface area contributed by atoms with Gasteiger partial charge in [-0.3, -0.25) is 14.8 Å². The highest BCUT2D eigenvalue weighted by Crippen LogP contribution is 2.29. The van der Waals surface area contributed by atoms with E-state index in [2.05, 4.69) is 10.6 Å². The topological polar surface area (TPSA) is 117 Å². The fourth-order valence-electron chi connectivity index (χ4n) is 3.32. The van der Waals surface area contributed by atoms with E-state index < -0.39 is 23.9 Å². The zero-order valence-electron chi connectivity index (χ0n) is 17.9. The zero-order valence-corrected chi connectivity index (χ0v) is 18.7. The van der Waals surface area contributed by atoms with Crippen LogP contribution in [0.5, 0.6) is 0 Å². The van der Waals surface area contributed by atoms with Crippen LogP contribution in [-0.2, 0) is 16.1 Å². The van der Waals surface area contributed by atoms with Gasteiger partial charge < -0.3 is 15.4 Å².